The second kappa shape index (κ2) is 10.6. The van der Waals surface area contributed by atoms with Crippen LogP contribution in [0.4, 0.5) is 21.6 Å². The number of nitrogens with zero attached hydrogens (tertiary/aromatic N) is 5. The van der Waals surface area contributed by atoms with Crippen LogP contribution in [-0.2, 0) is 14.8 Å². The first kappa shape index (κ1) is 25.3. The third-order valence-electron chi connectivity index (χ3n) is 5.96. The second-order valence-electron chi connectivity index (χ2n) is 8.60. The highest BCUT2D eigenvalue weighted by Crippen LogP contribution is 2.37. The predicted octanol–water partition coefficient (Wildman–Crippen LogP) is 5.28. The van der Waals surface area contributed by atoms with Gasteiger partial charge < -0.3 is 10.1 Å². The zero-order valence-corrected chi connectivity index (χ0v) is 21.6. The number of hydrogen-bond donors (Lipinski definition) is 2. The molecule has 4 aromatic rings. The van der Waals surface area contributed by atoms with Crippen molar-refractivity contribution in [3.63, 3.8) is 0 Å². The number of fused-ring (bicyclic) bond motifs is 1. The van der Waals surface area contributed by atoms with Crippen LogP contribution in [0.1, 0.15) is 38.8 Å². The molecule has 0 bridgehead atoms. The third kappa shape index (κ3) is 5.22. The van der Waals surface area contributed by atoms with Crippen LogP contribution in [0, 0.1) is 5.82 Å². The minimum absolute atomic E-state index is 0.0547. The molecule has 1 fully saturated rings. The Morgan fingerprint density at radius 2 is 2.05 bits per heavy atom. The Bertz CT molecular complexity index is 1540. The topological polar surface area (TPSA) is 124 Å². The molecular formula is C24H25ClFN7O3S. The normalized spacial score (nSPS) is 16.1. The van der Waals surface area contributed by atoms with Gasteiger partial charge in [0.15, 0.2) is 11.5 Å². The monoisotopic (exact) mass is 545 g/mol. The largest absolute Gasteiger partial charge is 0.358 e. The molecule has 37 heavy (non-hydrogen) atoms. The van der Waals surface area contributed by atoms with Gasteiger partial charge in [-0.25, -0.2) is 32.7 Å². The molecule has 1 aliphatic rings. The van der Waals surface area contributed by atoms with Crippen LogP contribution in [-0.4, -0.2) is 45.3 Å². The molecule has 10 nitrogen and oxygen atoms in total. The maximum Gasteiger partial charge on any atom is 0.232 e. The Morgan fingerprint density at radius 1 is 1.19 bits per heavy atom. The van der Waals surface area contributed by atoms with Gasteiger partial charge in [0.2, 0.25) is 10.0 Å². The van der Waals surface area contributed by atoms with Crippen molar-refractivity contribution in [2.75, 3.05) is 22.4 Å². The fourth-order valence-corrected chi connectivity index (χ4v) is 5.58. The summed E-state index contributed by atoms with van der Waals surface area (Å²) in [7, 11) is -3.71. The first-order chi connectivity index (χ1) is 17.9. The summed E-state index contributed by atoms with van der Waals surface area (Å²) < 4.78 is 49.9. The lowest BCUT2D eigenvalue weighted by molar-refractivity contribution is -0.0298. The van der Waals surface area contributed by atoms with Gasteiger partial charge in [0.05, 0.1) is 28.5 Å². The maximum absolute atomic E-state index is 15.4. The highest BCUT2D eigenvalue weighted by molar-refractivity contribution is 7.92. The van der Waals surface area contributed by atoms with Gasteiger partial charge in [0.25, 0.3) is 0 Å². The molecule has 1 saturated heterocycles. The van der Waals surface area contributed by atoms with Crippen molar-refractivity contribution < 1.29 is 17.5 Å². The molecule has 0 spiro atoms. The molecule has 13 heteroatoms. The summed E-state index contributed by atoms with van der Waals surface area (Å²) in [5.41, 5.74) is 1.85. The van der Waals surface area contributed by atoms with Gasteiger partial charge in [-0.3, -0.25) is 9.29 Å². The third-order valence-corrected chi connectivity index (χ3v) is 7.75. The number of ether oxygens (including phenoxy) is 1. The van der Waals surface area contributed by atoms with E-state index in [-0.39, 0.29) is 34.2 Å². The minimum Gasteiger partial charge on any atom is -0.358 e. The van der Waals surface area contributed by atoms with Crippen molar-refractivity contribution >= 4 is 50.0 Å². The number of anilines is 3. The molecule has 1 aliphatic heterocycles. The fraction of sp³-hybridized carbons (Fsp3) is 0.333. The number of nitrogens with one attached hydrogen (secondary N) is 2. The molecule has 0 saturated carbocycles. The van der Waals surface area contributed by atoms with Crippen LogP contribution < -0.4 is 10.0 Å². The summed E-state index contributed by atoms with van der Waals surface area (Å²) in [6, 6.07) is 6.19. The smallest absolute Gasteiger partial charge is 0.232 e. The van der Waals surface area contributed by atoms with E-state index in [1.165, 1.54) is 24.7 Å². The average Bonchev–Trinajstić information content (AvgIpc) is 3.33. The number of sulfonamides is 1. The lowest BCUT2D eigenvalue weighted by Crippen LogP contribution is -2.17. The van der Waals surface area contributed by atoms with E-state index in [0.717, 1.165) is 19.3 Å². The number of imidazole rings is 1. The minimum atomic E-state index is -3.71. The van der Waals surface area contributed by atoms with Crippen molar-refractivity contribution in [1.82, 2.24) is 24.5 Å². The lowest BCUT2D eigenvalue weighted by atomic mass is 10.1. The first-order valence-corrected chi connectivity index (χ1v) is 13.9. The number of hydrogen-bond acceptors (Lipinski definition) is 8. The predicted molar refractivity (Wildman–Crippen MR) is 140 cm³/mol. The van der Waals surface area contributed by atoms with Crippen molar-refractivity contribution in [2.45, 2.75) is 38.8 Å². The summed E-state index contributed by atoms with van der Waals surface area (Å²) in [6.45, 7) is 2.40. The van der Waals surface area contributed by atoms with Gasteiger partial charge in [0, 0.05) is 18.4 Å². The Balaban J connectivity index is 1.53. The number of halogens is 2. The van der Waals surface area contributed by atoms with Crippen LogP contribution in [0.15, 0.2) is 43.1 Å². The summed E-state index contributed by atoms with van der Waals surface area (Å²) in [4.78, 5) is 17.8. The molecule has 194 valence electrons. The van der Waals surface area contributed by atoms with E-state index in [0.29, 0.717) is 35.4 Å². The van der Waals surface area contributed by atoms with Gasteiger partial charge >= 0.3 is 0 Å². The van der Waals surface area contributed by atoms with E-state index in [4.69, 9.17) is 16.3 Å². The molecule has 1 unspecified atom stereocenters. The molecule has 1 atom stereocenters. The number of aromatic nitrogens is 5. The number of rotatable bonds is 8. The first-order valence-electron chi connectivity index (χ1n) is 11.9. The van der Waals surface area contributed by atoms with E-state index in [2.05, 4.69) is 30.0 Å². The Kier molecular flexibility index (Phi) is 7.22. The Hall–Kier alpha value is -3.35. The van der Waals surface area contributed by atoms with Gasteiger partial charge in [0.1, 0.15) is 29.6 Å². The fourth-order valence-electron chi connectivity index (χ4n) is 4.25. The molecule has 0 amide bonds. The van der Waals surface area contributed by atoms with Gasteiger partial charge in [-0.1, -0.05) is 18.5 Å². The summed E-state index contributed by atoms with van der Waals surface area (Å²) in [5.74, 6) is -0.722. The van der Waals surface area contributed by atoms with Crippen molar-refractivity contribution in [1.29, 1.82) is 0 Å². The molecule has 5 rings (SSSR count). The van der Waals surface area contributed by atoms with Crippen molar-refractivity contribution in [3.05, 3.63) is 54.0 Å². The quantitative estimate of drug-likeness (QED) is 0.306. The molecule has 3 aromatic heterocycles. The van der Waals surface area contributed by atoms with E-state index in [9.17, 15) is 8.42 Å². The average molecular weight is 546 g/mol. The molecule has 1 aromatic carbocycles. The van der Waals surface area contributed by atoms with Crippen LogP contribution >= 0.6 is 11.6 Å². The van der Waals surface area contributed by atoms with Crippen LogP contribution in [0.2, 0.25) is 5.02 Å². The maximum atomic E-state index is 15.4. The zero-order chi connectivity index (χ0) is 26.0. The van der Waals surface area contributed by atoms with Gasteiger partial charge in [-0.15, -0.1) is 0 Å². The zero-order valence-electron chi connectivity index (χ0n) is 20.0. The standard InChI is InChI=1S/C24H25ClFN7O3S/c1-2-12-37(34,35)32-17-9-8-16(25)21(19(17)26)31-23-15(6-5-10-27-23)20-22-24(29-13-28-20)33(14-30-22)18-7-3-4-11-36-18/h5-6,8-10,13-14,18,32H,2-4,7,11-12H2,1H3,(H,27,31). The van der Waals surface area contributed by atoms with Crippen molar-refractivity contribution in [2.24, 2.45) is 0 Å². The molecular weight excluding hydrogens is 521 g/mol. The summed E-state index contributed by atoms with van der Waals surface area (Å²) in [5, 5.41) is 2.98. The Morgan fingerprint density at radius 3 is 2.84 bits per heavy atom. The Labute approximate surface area is 218 Å². The second-order valence-corrected chi connectivity index (χ2v) is 10.8. The highest BCUT2D eigenvalue weighted by Gasteiger charge is 2.23. The van der Waals surface area contributed by atoms with E-state index in [1.807, 2.05) is 4.57 Å². The summed E-state index contributed by atoms with van der Waals surface area (Å²) in [6.07, 6.45) is 7.84. The van der Waals surface area contributed by atoms with Crippen LogP contribution in [0.3, 0.4) is 0 Å². The van der Waals surface area contributed by atoms with Gasteiger partial charge in [-0.05, 0) is 49.9 Å². The van der Waals surface area contributed by atoms with Crippen LogP contribution in [0.25, 0.3) is 22.4 Å². The number of pyridine rings is 1. The highest BCUT2D eigenvalue weighted by atomic mass is 35.5. The number of benzene rings is 1. The van der Waals surface area contributed by atoms with Gasteiger partial charge in [-0.2, -0.15) is 0 Å². The molecule has 2 N–H and O–H groups in total. The van der Waals surface area contributed by atoms with E-state index >= 15 is 4.39 Å². The van der Waals surface area contributed by atoms with E-state index in [1.54, 1.807) is 25.4 Å². The summed E-state index contributed by atoms with van der Waals surface area (Å²) >= 11 is 6.30. The van der Waals surface area contributed by atoms with Crippen LogP contribution in [0.5, 0.6) is 0 Å². The molecule has 4 heterocycles. The SMILES string of the molecule is CCCS(=O)(=O)Nc1ccc(Cl)c(Nc2ncccc2-c2ncnc3c2ncn3C2CCCCO2)c1F. The molecule has 0 aliphatic carbocycles. The molecule has 0 radical (unpaired) electrons. The lowest BCUT2D eigenvalue weighted by Gasteiger charge is -2.23. The van der Waals surface area contributed by atoms with Crippen molar-refractivity contribution in [3.8, 4) is 11.3 Å². The van der Waals surface area contributed by atoms with E-state index < -0.39 is 15.8 Å².